The van der Waals surface area contributed by atoms with Crippen LogP contribution >= 0.6 is 0 Å². The summed E-state index contributed by atoms with van der Waals surface area (Å²) in [6.45, 7) is 6.28. The third-order valence-corrected chi connectivity index (χ3v) is 3.82. The van der Waals surface area contributed by atoms with Crippen molar-refractivity contribution in [1.82, 2.24) is 5.32 Å². The van der Waals surface area contributed by atoms with Crippen LogP contribution in [0.5, 0.6) is 0 Å². The van der Waals surface area contributed by atoms with E-state index in [0.29, 0.717) is 23.4 Å². The van der Waals surface area contributed by atoms with E-state index >= 15 is 0 Å². The van der Waals surface area contributed by atoms with Gasteiger partial charge >= 0.3 is 0 Å². The van der Waals surface area contributed by atoms with Crippen LogP contribution in [-0.4, -0.2) is 24.4 Å². The standard InChI is InChI=1S/C20H25N3O2/c1-13(2)22-20(25)17-7-4-14(3)18(12-17)23-19(24)16-8-5-15(6-9-16)10-11-21/h4-9,12-13H,10-11,21H2,1-3H3,(H,22,25)(H,23,24). The number of carbonyl (C=O) groups excluding carboxylic acids is 2. The van der Waals surface area contributed by atoms with Crippen molar-refractivity contribution in [2.45, 2.75) is 33.2 Å². The minimum Gasteiger partial charge on any atom is -0.350 e. The van der Waals surface area contributed by atoms with E-state index in [1.165, 1.54) is 0 Å². The van der Waals surface area contributed by atoms with Crippen LogP contribution in [0.25, 0.3) is 0 Å². The zero-order chi connectivity index (χ0) is 18.4. The van der Waals surface area contributed by atoms with Gasteiger partial charge in [-0.2, -0.15) is 0 Å². The van der Waals surface area contributed by atoms with Crippen molar-refractivity contribution in [2.24, 2.45) is 5.73 Å². The van der Waals surface area contributed by atoms with Gasteiger partial charge in [-0.3, -0.25) is 9.59 Å². The Labute approximate surface area is 148 Å². The molecule has 132 valence electrons. The Morgan fingerprint density at radius 3 is 2.24 bits per heavy atom. The zero-order valence-corrected chi connectivity index (χ0v) is 14.9. The fourth-order valence-corrected chi connectivity index (χ4v) is 2.43. The summed E-state index contributed by atoms with van der Waals surface area (Å²) in [6.07, 6.45) is 0.786. The molecule has 0 aliphatic rings. The van der Waals surface area contributed by atoms with Gasteiger partial charge in [0.25, 0.3) is 11.8 Å². The first-order chi connectivity index (χ1) is 11.9. The van der Waals surface area contributed by atoms with Gasteiger partial charge in [0.2, 0.25) is 0 Å². The highest BCUT2D eigenvalue weighted by atomic mass is 16.2. The summed E-state index contributed by atoms with van der Waals surface area (Å²) in [5, 5.41) is 5.73. The van der Waals surface area contributed by atoms with Crippen molar-refractivity contribution >= 4 is 17.5 Å². The summed E-state index contributed by atoms with van der Waals surface area (Å²) < 4.78 is 0. The number of nitrogens with one attached hydrogen (secondary N) is 2. The molecule has 2 aromatic carbocycles. The van der Waals surface area contributed by atoms with Crippen LogP contribution in [0.4, 0.5) is 5.69 Å². The summed E-state index contributed by atoms with van der Waals surface area (Å²) in [4.78, 5) is 24.6. The topological polar surface area (TPSA) is 84.2 Å². The van der Waals surface area contributed by atoms with E-state index in [-0.39, 0.29) is 17.9 Å². The quantitative estimate of drug-likeness (QED) is 0.756. The van der Waals surface area contributed by atoms with Crippen LogP contribution in [0.15, 0.2) is 42.5 Å². The second kappa shape index (κ2) is 8.44. The lowest BCUT2D eigenvalue weighted by molar-refractivity contribution is 0.0941. The number of hydrogen-bond acceptors (Lipinski definition) is 3. The maximum Gasteiger partial charge on any atom is 0.255 e. The molecule has 0 unspecified atom stereocenters. The van der Waals surface area contributed by atoms with Gasteiger partial charge in [0.05, 0.1) is 0 Å². The molecule has 0 heterocycles. The van der Waals surface area contributed by atoms with E-state index in [4.69, 9.17) is 5.73 Å². The van der Waals surface area contributed by atoms with Gasteiger partial charge in [0.15, 0.2) is 0 Å². The van der Waals surface area contributed by atoms with Gasteiger partial charge in [0, 0.05) is 22.9 Å². The van der Waals surface area contributed by atoms with Crippen LogP contribution < -0.4 is 16.4 Å². The van der Waals surface area contributed by atoms with Gasteiger partial charge in [-0.1, -0.05) is 18.2 Å². The normalized spacial score (nSPS) is 10.6. The number of hydrogen-bond donors (Lipinski definition) is 3. The molecule has 5 nitrogen and oxygen atoms in total. The van der Waals surface area contributed by atoms with Crippen molar-refractivity contribution in [3.05, 3.63) is 64.7 Å². The van der Waals surface area contributed by atoms with Crippen molar-refractivity contribution in [2.75, 3.05) is 11.9 Å². The lowest BCUT2D eigenvalue weighted by atomic mass is 10.1. The van der Waals surface area contributed by atoms with E-state index in [2.05, 4.69) is 10.6 Å². The fourth-order valence-electron chi connectivity index (χ4n) is 2.43. The van der Waals surface area contributed by atoms with Gasteiger partial charge < -0.3 is 16.4 Å². The third kappa shape index (κ3) is 5.16. The van der Waals surface area contributed by atoms with E-state index < -0.39 is 0 Å². The van der Waals surface area contributed by atoms with Crippen molar-refractivity contribution in [3.63, 3.8) is 0 Å². The molecular weight excluding hydrogens is 314 g/mol. The van der Waals surface area contributed by atoms with E-state index in [0.717, 1.165) is 17.5 Å². The van der Waals surface area contributed by atoms with Crippen molar-refractivity contribution in [3.8, 4) is 0 Å². The molecule has 0 saturated carbocycles. The molecule has 4 N–H and O–H groups in total. The average Bonchev–Trinajstić information content (AvgIpc) is 2.57. The van der Waals surface area contributed by atoms with Gasteiger partial charge in [-0.15, -0.1) is 0 Å². The number of carbonyl (C=O) groups is 2. The molecule has 0 atom stereocenters. The highest BCUT2D eigenvalue weighted by Gasteiger charge is 2.12. The molecule has 0 saturated heterocycles. The molecule has 25 heavy (non-hydrogen) atoms. The molecule has 0 aromatic heterocycles. The molecular formula is C20H25N3O2. The Balaban J connectivity index is 2.15. The average molecular weight is 339 g/mol. The summed E-state index contributed by atoms with van der Waals surface area (Å²) in [5.41, 5.74) is 9.25. The molecule has 0 bridgehead atoms. The first kappa shape index (κ1) is 18.7. The van der Waals surface area contributed by atoms with Crippen molar-refractivity contribution < 1.29 is 9.59 Å². The largest absolute Gasteiger partial charge is 0.350 e. The maximum absolute atomic E-state index is 12.5. The third-order valence-electron chi connectivity index (χ3n) is 3.82. The van der Waals surface area contributed by atoms with Crippen molar-refractivity contribution in [1.29, 1.82) is 0 Å². The highest BCUT2D eigenvalue weighted by Crippen LogP contribution is 2.18. The lowest BCUT2D eigenvalue weighted by Crippen LogP contribution is -2.30. The summed E-state index contributed by atoms with van der Waals surface area (Å²) in [7, 11) is 0. The van der Waals surface area contributed by atoms with E-state index in [1.54, 1.807) is 24.3 Å². The summed E-state index contributed by atoms with van der Waals surface area (Å²) in [6, 6.07) is 12.7. The van der Waals surface area contributed by atoms with Crippen LogP contribution in [-0.2, 0) is 6.42 Å². The minimum absolute atomic E-state index is 0.0545. The number of rotatable bonds is 6. The molecule has 5 heteroatoms. The first-order valence-electron chi connectivity index (χ1n) is 8.42. The summed E-state index contributed by atoms with van der Waals surface area (Å²) in [5.74, 6) is -0.361. The Bertz CT molecular complexity index is 752. The SMILES string of the molecule is Cc1ccc(C(=O)NC(C)C)cc1NC(=O)c1ccc(CCN)cc1. The van der Waals surface area contributed by atoms with Gasteiger partial charge in [-0.25, -0.2) is 0 Å². The molecule has 2 aromatic rings. The minimum atomic E-state index is -0.205. The number of nitrogens with two attached hydrogens (primary N) is 1. The number of amides is 2. The Kier molecular flexibility index (Phi) is 6.31. The zero-order valence-electron chi connectivity index (χ0n) is 14.9. The second-order valence-corrected chi connectivity index (χ2v) is 6.35. The predicted molar refractivity (Wildman–Crippen MR) is 101 cm³/mol. The first-order valence-corrected chi connectivity index (χ1v) is 8.42. The van der Waals surface area contributed by atoms with E-state index in [1.807, 2.05) is 39.0 Å². The highest BCUT2D eigenvalue weighted by molar-refractivity contribution is 6.05. The fraction of sp³-hybridized carbons (Fsp3) is 0.300. The Morgan fingerprint density at radius 2 is 1.64 bits per heavy atom. The van der Waals surface area contributed by atoms with Crippen LogP contribution in [0, 0.1) is 6.92 Å². The van der Waals surface area contributed by atoms with Gasteiger partial charge in [-0.05, 0) is 69.1 Å². The lowest BCUT2D eigenvalue weighted by Gasteiger charge is -2.12. The number of benzene rings is 2. The monoisotopic (exact) mass is 339 g/mol. The van der Waals surface area contributed by atoms with Crippen LogP contribution in [0.1, 0.15) is 45.7 Å². The van der Waals surface area contributed by atoms with Crippen LogP contribution in [0.2, 0.25) is 0 Å². The van der Waals surface area contributed by atoms with Gasteiger partial charge in [0.1, 0.15) is 0 Å². The predicted octanol–water partition coefficient (Wildman–Crippen LogP) is 2.89. The number of anilines is 1. The molecule has 0 radical (unpaired) electrons. The number of aryl methyl sites for hydroxylation is 1. The maximum atomic E-state index is 12.5. The molecule has 2 rings (SSSR count). The molecule has 2 amide bonds. The summed E-state index contributed by atoms with van der Waals surface area (Å²) >= 11 is 0. The van der Waals surface area contributed by atoms with E-state index in [9.17, 15) is 9.59 Å². The molecule has 0 aliphatic heterocycles. The molecule has 0 aliphatic carbocycles. The molecule has 0 spiro atoms. The second-order valence-electron chi connectivity index (χ2n) is 6.35. The Morgan fingerprint density at radius 1 is 1.00 bits per heavy atom. The van der Waals surface area contributed by atoms with Crippen LogP contribution in [0.3, 0.4) is 0 Å². The molecule has 0 fully saturated rings. The Hall–Kier alpha value is -2.66. The smallest absolute Gasteiger partial charge is 0.255 e.